The van der Waals surface area contributed by atoms with Crippen LogP contribution in [0.2, 0.25) is 0 Å². The van der Waals surface area contributed by atoms with Gasteiger partial charge in [0, 0.05) is 54.7 Å². The van der Waals surface area contributed by atoms with Gasteiger partial charge in [0.05, 0.1) is 19.2 Å². The van der Waals surface area contributed by atoms with E-state index in [0.717, 1.165) is 11.1 Å². The molecule has 2 aromatic carbocycles. The summed E-state index contributed by atoms with van der Waals surface area (Å²) >= 11 is 0. The van der Waals surface area contributed by atoms with Gasteiger partial charge in [0.1, 0.15) is 18.8 Å². The molecule has 9 nitrogen and oxygen atoms in total. The molecule has 1 heterocycles. The van der Waals surface area contributed by atoms with Crippen molar-refractivity contribution in [3.8, 4) is 11.5 Å². The highest BCUT2D eigenvalue weighted by Gasteiger charge is 2.21. The van der Waals surface area contributed by atoms with Gasteiger partial charge in [-0.15, -0.1) is 6.58 Å². The van der Waals surface area contributed by atoms with Gasteiger partial charge in [-0.05, 0) is 42.5 Å². The van der Waals surface area contributed by atoms with Crippen LogP contribution in [0.5, 0.6) is 11.5 Å². The van der Waals surface area contributed by atoms with Crippen LogP contribution < -0.4 is 19.7 Å². The van der Waals surface area contributed by atoms with E-state index in [2.05, 4.69) is 21.9 Å². The Bertz CT molecular complexity index is 1410. The number of likely N-dealkylation sites (N-methyl/N-ethyl adjacent to an activating group) is 1. The lowest BCUT2D eigenvalue weighted by Gasteiger charge is -2.23. The number of methoxy groups -OCH3 is 2. The summed E-state index contributed by atoms with van der Waals surface area (Å²) in [6.45, 7) is 5.18. The average Bonchev–Trinajstić information content (AvgIpc) is 2.90. The summed E-state index contributed by atoms with van der Waals surface area (Å²) in [5.41, 5.74) is 3.09. The monoisotopic (exact) mass is 500 g/mol. The van der Waals surface area contributed by atoms with Crippen LogP contribution in [0.1, 0.15) is 5.56 Å². The third kappa shape index (κ3) is 5.68. The first-order valence-electron chi connectivity index (χ1n) is 11.6. The molecule has 0 unspecified atom stereocenters. The highest BCUT2D eigenvalue weighted by Crippen LogP contribution is 2.36. The summed E-state index contributed by atoms with van der Waals surface area (Å²) < 4.78 is 16.4. The van der Waals surface area contributed by atoms with Crippen LogP contribution in [0.15, 0.2) is 67.5 Å². The number of benzene rings is 2. The van der Waals surface area contributed by atoms with E-state index < -0.39 is 0 Å². The lowest BCUT2D eigenvalue weighted by Crippen LogP contribution is -2.19. The van der Waals surface area contributed by atoms with Crippen molar-refractivity contribution in [2.75, 3.05) is 51.2 Å². The number of carbonyl (C=O) groups excluding carboxylic acids is 2. The summed E-state index contributed by atoms with van der Waals surface area (Å²) in [5.74, 6) is 1.16. The first-order valence-corrected chi connectivity index (χ1v) is 11.6. The third-order valence-electron chi connectivity index (χ3n) is 5.78. The summed E-state index contributed by atoms with van der Waals surface area (Å²) in [4.78, 5) is 35.5. The molecule has 0 saturated carbocycles. The topological polar surface area (TPSA) is 103 Å². The van der Waals surface area contributed by atoms with Crippen molar-refractivity contribution < 1.29 is 23.8 Å². The molecule has 1 aliphatic carbocycles. The van der Waals surface area contributed by atoms with Crippen LogP contribution in [0.25, 0.3) is 16.5 Å². The maximum Gasteiger partial charge on any atom is 0.186 e. The second-order valence-electron chi connectivity index (χ2n) is 8.27. The van der Waals surface area contributed by atoms with E-state index >= 15 is 0 Å². The average molecular weight is 501 g/mol. The standard InChI is InChI=1S/C28H28N4O5/c1-5-10-32(2)24-8-6-18(13-20(24)21-14-19(33)7-9-25(21)34)31-28-22-15-26(36-4)27(37-12-11-35-3)16-23(22)29-17-30-28/h5-9,13-17H,1,10-12H2,2-4H3,(H,29,30,31). The zero-order chi connectivity index (χ0) is 26.4. The summed E-state index contributed by atoms with van der Waals surface area (Å²) in [7, 11) is 5.07. The van der Waals surface area contributed by atoms with Gasteiger partial charge in [0.25, 0.3) is 0 Å². The molecule has 0 aliphatic heterocycles. The summed E-state index contributed by atoms with van der Waals surface area (Å²) in [6.07, 6.45) is 7.16. The maximum absolute atomic E-state index is 12.7. The van der Waals surface area contributed by atoms with E-state index in [1.165, 1.54) is 24.6 Å². The molecule has 1 aromatic heterocycles. The zero-order valence-electron chi connectivity index (χ0n) is 21.0. The van der Waals surface area contributed by atoms with Gasteiger partial charge in [-0.2, -0.15) is 0 Å². The van der Waals surface area contributed by atoms with Crippen LogP contribution in [0.3, 0.4) is 0 Å². The fourth-order valence-corrected chi connectivity index (χ4v) is 3.98. The summed E-state index contributed by atoms with van der Waals surface area (Å²) in [6, 6.07) is 9.21. The second-order valence-corrected chi connectivity index (χ2v) is 8.27. The Labute approximate surface area is 215 Å². The van der Waals surface area contributed by atoms with Crippen molar-refractivity contribution >= 4 is 45.2 Å². The zero-order valence-corrected chi connectivity index (χ0v) is 21.0. The molecule has 3 aromatic rings. The Kier molecular flexibility index (Phi) is 7.95. The van der Waals surface area contributed by atoms with Crippen molar-refractivity contribution in [1.82, 2.24) is 9.97 Å². The molecular weight excluding hydrogens is 472 g/mol. The molecule has 0 spiro atoms. The van der Waals surface area contributed by atoms with Gasteiger partial charge >= 0.3 is 0 Å². The lowest BCUT2D eigenvalue weighted by molar-refractivity contribution is -0.113. The Hall–Kier alpha value is -4.50. The molecule has 4 rings (SSSR count). The first kappa shape index (κ1) is 25.6. The first-order chi connectivity index (χ1) is 17.9. The van der Waals surface area contributed by atoms with Gasteiger partial charge in [0.15, 0.2) is 23.1 Å². The van der Waals surface area contributed by atoms with Crippen molar-refractivity contribution in [3.05, 3.63) is 73.1 Å². The van der Waals surface area contributed by atoms with Gasteiger partial charge in [-0.3, -0.25) is 9.59 Å². The molecule has 1 aliphatic rings. The van der Waals surface area contributed by atoms with Crippen molar-refractivity contribution in [2.45, 2.75) is 0 Å². The number of hydrogen-bond acceptors (Lipinski definition) is 9. The number of rotatable bonds is 11. The Morgan fingerprint density at radius 2 is 1.89 bits per heavy atom. The number of nitrogens with zero attached hydrogens (tertiary/aromatic N) is 3. The number of allylic oxidation sites excluding steroid dienone is 4. The number of ether oxygens (including phenoxy) is 3. The van der Waals surface area contributed by atoms with E-state index in [9.17, 15) is 9.59 Å². The number of nitrogens with one attached hydrogen (secondary N) is 1. The highest BCUT2D eigenvalue weighted by molar-refractivity contribution is 6.34. The summed E-state index contributed by atoms with van der Waals surface area (Å²) in [5, 5.41) is 4.05. The lowest BCUT2D eigenvalue weighted by atomic mass is 9.94. The number of anilines is 3. The van der Waals surface area contributed by atoms with Crippen LogP contribution >= 0.6 is 0 Å². The fraction of sp³-hybridized carbons (Fsp3) is 0.214. The van der Waals surface area contributed by atoms with E-state index in [1.807, 2.05) is 36.2 Å². The van der Waals surface area contributed by atoms with Crippen LogP contribution in [-0.2, 0) is 14.3 Å². The molecule has 0 atom stereocenters. The van der Waals surface area contributed by atoms with E-state index in [4.69, 9.17) is 14.2 Å². The molecule has 0 fully saturated rings. The predicted octanol–water partition coefficient (Wildman–Crippen LogP) is 4.12. The molecule has 0 amide bonds. The van der Waals surface area contributed by atoms with Gasteiger partial charge < -0.3 is 24.4 Å². The van der Waals surface area contributed by atoms with Crippen molar-refractivity contribution in [1.29, 1.82) is 0 Å². The number of fused-ring (bicyclic) bond motifs is 1. The quantitative estimate of drug-likeness (QED) is 0.237. The van der Waals surface area contributed by atoms with Crippen LogP contribution in [0.4, 0.5) is 17.2 Å². The van der Waals surface area contributed by atoms with Crippen LogP contribution in [0, 0.1) is 0 Å². The number of aromatic nitrogens is 2. The molecule has 0 saturated heterocycles. The Morgan fingerprint density at radius 3 is 2.65 bits per heavy atom. The van der Waals surface area contributed by atoms with Gasteiger partial charge in [-0.25, -0.2) is 9.97 Å². The largest absolute Gasteiger partial charge is 0.493 e. The van der Waals surface area contributed by atoms with Gasteiger partial charge in [0.2, 0.25) is 0 Å². The molecule has 37 heavy (non-hydrogen) atoms. The Morgan fingerprint density at radius 1 is 1.05 bits per heavy atom. The number of hydrogen-bond donors (Lipinski definition) is 1. The van der Waals surface area contributed by atoms with E-state index in [1.54, 1.807) is 26.4 Å². The molecule has 9 heteroatoms. The van der Waals surface area contributed by atoms with Gasteiger partial charge in [-0.1, -0.05) is 6.08 Å². The number of ketones is 2. The minimum atomic E-state index is -0.234. The third-order valence-corrected chi connectivity index (χ3v) is 5.78. The van der Waals surface area contributed by atoms with Crippen LogP contribution in [-0.4, -0.2) is 62.6 Å². The molecule has 190 valence electrons. The van der Waals surface area contributed by atoms with Crippen molar-refractivity contribution in [2.24, 2.45) is 0 Å². The maximum atomic E-state index is 12.7. The van der Waals surface area contributed by atoms with E-state index in [0.29, 0.717) is 59.4 Å². The second kappa shape index (κ2) is 11.5. The Balaban J connectivity index is 1.74. The normalized spacial score (nSPS) is 12.9. The minimum Gasteiger partial charge on any atom is -0.493 e. The minimum absolute atomic E-state index is 0.233. The fourth-order valence-electron chi connectivity index (χ4n) is 3.98. The smallest absolute Gasteiger partial charge is 0.186 e. The molecule has 0 radical (unpaired) electrons. The van der Waals surface area contributed by atoms with E-state index in [-0.39, 0.29) is 11.6 Å². The molecular formula is C28H28N4O5. The predicted molar refractivity (Wildman–Crippen MR) is 144 cm³/mol. The highest BCUT2D eigenvalue weighted by atomic mass is 16.5. The van der Waals surface area contributed by atoms with Crippen molar-refractivity contribution in [3.63, 3.8) is 0 Å². The number of carbonyl (C=O) groups is 2. The molecule has 1 N–H and O–H groups in total. The SMILES string of the molecule is C=CCN(C)c1ccc(Nc2ncnc3cc(OCCOC)c(OC)cc23)cc1C1=CC(=O)C=CC1=O. The molecule has 0 bridgehead atoms.